The number of anilines is 1. The number of nitrogens with zero attached hydrogens (tertiary/aromatic N) is 1. The predicted octanol–water partition coefficient (Wildman–Crippen LogP) is 6.90. The third-order valence-corrected chi connectivity index (χ3v) is 5.85. The average molecular weight is 437 g/mol. The van der Waals surface area contributed by atoms with E-state index >= 15 is 0 Å². The lowest BCUT2D eigenvalue weighted by molar-refractivity contribution is 0.102. The van der Waals surface area contributed by atoms with Crippen molar-refractivity contribution in [1.82, 2.24) is 4.98 Å². The van der Waals surface area contributed by atoms with Crippen LogP contribution in [0.5, 0.6) is 5.75 Å². The van der Waals surface area contributed by atoms with Crippen molar-refractivity contribution in [2.24, 2.45) is 5.92 Å². The van der Waals surface area contributed by atoms with Gasteiger partial charge in [0, 0.05) is 11.1 Å². The molecule has 1 heterocycles. The fraction of sp³-hybridized carbons (Fsp3) is 0.167. The van der Waals surface area contributed by atoms with Gasteiger partial charge in [0.25, 0.3) is 5.91 Å². The molecular formula is C24H21ClN2O2S. The molecule has 3 aromatic carbocycles. The zero-order valence-corrected chi connectivity index (χ0v) is 18.3. The normalized spacial score (nSPS) is 11.1. The van der Waals surface area contributed by atoms with Crippen LogP contribution in [0, 0.1) is 5.92 Å². The Bertz CT molecular complexity index is 1170. The van der Waals surface area contributed by atoms with Crippen molar-refractivity contribution < 1.29 is 9.53 Å². The summed E-state index contributed by atoms with van der Waals surface area (Å²) in [4.78, 5) is 17.5. The molecule has 1 N–H and O–H groups in total. The maximum Gasteiger partial charge on any atom is 0.255 e. The average Bonchev–Trinajstić information content (AvgIpc) is 3.18. The van der Waals surface area contributed by atoms with Crippen LogP contribution in [0.3, 0.4) is 0 Å². The van der Waals surface area contributed by atoms with Crippen LogP contribution in [0.1, 0.15) is 24.2 Å². The Morgan fingerprint density at radius 1 is 1.10 bits per heavy atom. The second-order valence-corrected chi connectivity index (χ2v) is 8.81. The Morgan fingerprint density at radius 3 is 2.73 bits per heavy atom. The van der Waals surface area contributed by atoms with E-state index in [2.05, 4.69) is 24.1 Å². The number of benzene rings is 3. The highest BCUT2D eigenvalue weighted by atomic mass is 35.5. The third kappa shape index (κ3) is 4.64. The molecule has 0 saturated carbocycles. The molecule has 4 rings (SSSR count). The summed E-state index contributed by atoms with van der Waals surface area (Å²) in [5.74, 6) is 0.838. The van der Waals surface area contributed by atoms with Gasteiger partial charge in [-0.3, -0.25) is 4.79 Å². The summed E-state index contributed by atoms with van der Waals surface area (Å²) in [7, 11) is 0. The largest absolute Gasteiger partial charge is 0.493 e. The molecule has 0 spiro atoms. The number of carbonyl (C=O) groups is 1. The van der Waals surface area contributed by atoms with E-state index in [4.69, 9.17) is 16.3 Å². The van der Waals surface area contributed by atoms with Crippen molar-refractivity contribution in [3.63, 3.8) is 0 Å². The SMILES string of the molecule is CC(C)COc1cccc(C(=O)Nc2cc(-c3nc4ccccc4s3)ccc2Cl)c1. The molecule has 0 aliphatic heterocycles. The molecule has 0 radical (unpaired) electrons. The summed E-state index contributed by atoms with van der Waals surface area (Å²) in [6.45, 7) is 4.76. The lowest BCUT2D eigenvalue weighted by Gasteiger charge is -2.11. The molecule has 4 nitrogen and oxygen atoms in total. The van der Waals surface area contributed by atoms with Crippen LogP contribution < -0.4 is 10.1 Å². The molecule has 0 atom stereocenters. The Labute approximate surface area is 184 Å². The fourth-order valence-corrected chi connectivity index (χ4v) is 4.06. The van der Waals surface area contributed by atoms with E-state index in [9.17, 15) is 4.79 Å². The van der Waals surface area contributed by atoms with Crippen LogP contribution in [0.25, 0.3) is 20.8 Å². The van der Waals surface area contributed by atoms with Gasteiger partial charge in [0.15, 0.2) is 0 Å². The van der Waals surface area contributed by atoms with Crippen molar-refractivity contribution in [3.8, 4) is 16.3 Å². The molecular weight excluding hydrogens is 416 g/mol. The van der Waals surface area contributed by atoms with Crippen LogP contribution in [0.4, 0.5) is 5.69 Å². The predicted molar refractivity (Wildman–Crippen MR) is 125 cm³/mol. The zero-order chi connectivity index (χ0) is 21.1. The van der Waals surface area contributed by atoms with Crippen LogP contribution >= 0.6 is 22.9 Å². The first-order valence-electron chi connectivity index (χ1n) is 9.69. The maximum absolute atomic E-state index is 12.8. The number of rotatable bonds is 6. The minimum Gasteiger partial charge on any atom is -0.493 e. The number of thiazole rings is 1. The first-order chi connectivity index (χ1) is 14.5. The standard InChI is InChI=1S/C24H21ClN2O2S/c1-15(2)14-29-18-7-5-6-16(12-18)23(28)26-21-13-17(10-11-19(21)25)24-27-20-8-3-4-9-22(20)30-24/h3-13,15H,14H2,1-2H3,(H,26,28). The number of ether oxygens (including phenoxy) is 1. The molecule has 1 amide bonds. The van der Waals surface area contributed by atoms with Gasteiger partial charge in [-0.2, -0.15) is 0 Å². The number of nitrogens with one attached hydrogen (secondary N) is 1. The third-order valence-electron chi connectivity index (χ3n) is 4.43. The second-order valence-electron chi connectivity index (χ2n) is 7.37. The first-order valence-corrected chi connectivity index (χ1v) is 10.9. The van der Waals surface area contributed by atoms with Crippen molar-refractivity contribution in [2.75, 3.05) is 11.9 Å². The Balaban J connectivity index is 1.56. The van der Waals surface area contributed by atoms with Gasteiger partial charge < -0.3 is 10.1 Å². The molecule has 0 saturated heterocycles. The topological polar surface area (TPSA) is 51.2 Å². The summed E-state index contributed by atoms with van der Waals surface area (Å²) >= 11 is 7.96. The van der Waals surface area contributed by atoms with Gasteiger partial charge in [0.1, 0.15) is 10.8 Å². The number of aromatic nitrogens is 1. The number of hydrogen-bond donors (Lipinski definition) is 1. The Hall–Kier alpha value is -2.89. The molecule has 0 fully saturated rings. The van der Waals surface area contributed by atoms with Crippen molar-refractivity contribution in [1.29, 1.82) is 0 Å². The van der Waals surface area contributed by atoms with Gasteiger partial charge in [-0.25, -0.2) is 4.98 Å². The summed E-state index contributed by atoms with van der Waals surface area (Å²) in [6.07, 6.45) is 0. The summed E-state index contributed by atoms with van der Waals surface area (Å²) in [5, 5.41) is 4.27. The smallest absolute Gasteiger partial charge is 0.255 e. The van der Waals surface area contributed by atoms with Crippen LogP contribution in [0.2, 0.25) is 5.02 Å². The molecule has 6 heteroatoms. The molecule has 0 aliphatic rings. The summed E-state index contributed by atoms with van der Waals surface area (Å²) in [6, 6.07) is 20.7. The number of halogens is 1. The molecule has 30 heavy (non-hydrogen) atoms. The minimum atomic E-state index is -0.242. The minimum absolute atomic E-state index is 0.242. The van der Waals surface area contributed by atoms with E-state index in [1.807, 2.05) is 48.5 Å². The highest BCUT2D eigenvalue weighted by molar-refractivity contribution is 7.21. The number of fused-ring (bicyclic) bond motifs is 1. The molecule has 1 aromatic heterocycles. The lowest BCUT2D eigenvalue weighted by atomic mass is 10.1. The molecule has 4 aromatic rings. The highest BCUT2D eigenvalue weighted by Crippen LogP contribution is 2.34. The molecule has 0 aliphatic carbocycles. The Morgan fingerprint density at radius 2 is 1.93 bits per heavy atom. The van der Waals surface area contributed by atoms with Gasteiger partial charge in [0.2, 0.25) is 0 Å². The zero-order valence-electron chi connectivity index (χ0n) is 16.7. The van der Waals surface area contributed by atoms with Crippen molar-refractivity contribution in [3.05, 3.63) is 77.3 Å². The van der Waals surface area contributed by atoms with E-state index in [-0.39, 0.29) is 5.91 Å². The Kier molecular flexibility index (Phi) is 6.02. The van der Waals surface area contributed by atoms with Gasteiger partial charge >= 0.3 is 0 Å². The van der Waals surface area contributed by atoms with E-state index in [1.165, 1.54) is 0 Å². The van der Waals surface area contributed by atoms with Crippen LogP contribution in [0.15, 0.2) is 66.7 Å². The number of amides is 1. The van der Waals surface area contributed by atoms with Crippen LogP contribution in [-0.2, 0) is 0 Å². The van der Waals surface area contributed by atoms with Crippen LogP contribution in [-0.4, -0.2) is 17.5 Å². The summed E-state index contributed by atoms with van der Waals surface area (Å²) in [5.41, 5.74) is 2.92. The monoisotopic (exact) mass is 436 g/mol. The van der Waals surface area contributed by atoms with Gasteiger partial charge in [0.05, 0.1) is 27.5 Å². The quantitative estimate of drug-likeness (QED) is 0.357. The van der Waals surface area contributed by atoms with Crippen molar-refractivity contribution >= 4 is 44.7 Å². The molecule has 0 unspecified atom stereocenters. The first kappa shape index (κ1) is 20.4. The number of carbonyl (C=O) groups excluding carboxylic acids is 1. The number of para-hydroxylation sites is 1. The fourth-order valence-electron chi connectivity index (χ4n) is 2.93. The van der Waals surface area contributed by atoms with Gasteiger partial charge in [-0.05, 0) is 48.4 Å². The lowest BCUT2D eigenvalue weighted by Crippen LogP contribution is -2.13. The van der Waals surface area contributed by atoms with E-state index < -0.39 is 0 Å². The van der Waals surface area contributed by atoms with E-state index in [0.29, 0.717) is 34.5 Å². The van der Waals surface area contributed by atoms with Gasteiger partial charge in [-0.1, -0.05) is 49.7 Å². The highest BCUT2D eigenvalue weighted by Gasteiger charge is 2.13. The van der Waals surface area contributed by atoms with E-state index in [0.717, 1.165) is 20.8 Å². The van der Waals surface area contributed by atoms with Crippen molar-refractivity contribution in [2.45, 2.75) is 13.8 Å². The summed E-state index contributed by atoms with van der Waals surface area (Å²) < 4.78 is 6.84. The molecule has 0 bridgehead atoms. The number of hydrogen-bond acceptors (Lipinski definition) is 4. The second kappa shape index (κ2) is 8.86. The molecule has 152 valence electrons. The van der Waals surface area contributed by atoms with E-state index in [1.54, 1.807) is 29.5 Å². The van der Waals surface area contributed by atoms with Gasteiger partial charge in [-0.15, -0.1) is 11.3 Å². The maximum atomic E-state index is 12.8.